The third-order valence-electron chi connectivity index (χ3n) is 1.74. The van der Waals surface area contributed by atoms with Crippen molar-refractivity contribution in [3.63, 3.8) is 0 Å². The van der Waals surface area contributed by atoms with E-state index >= 15 is 0 Å². The molecule has 0 radical (unpaired) electrons. The van der Waals surface area contributed by atoms with Crippen LogP contribution in [0.3, 0.4) is 0 Å². The van der Waals surface area contributed by atoms with Crippen LogP contribution in [0, 0.1) is 28.5 Å². The minimum atomic E-state index is -3.09. The summed E-state index contributed by atoms with van der Waals surface area (Å²) < 4.78 is 41.6. The Bertz CT molecular complexity index is 576. The highest BCUT2D eigenvalue weighted by molar-refractivity contribution is 9.10. The van der Waals surface area contributed by atoms with E-state index in [1.54, 1.807) is 0 Å². The quantitative estimate of drug-likeness (QED) is 0.678. The molecule has 1 aromatic carbocycles. The summed E-state index contributed by atoms with van der Waals surface area (Å²) in [6.07, 6.45) is 0. The lowest BCUT2D eigenvalue weighted by Crippen LogP contribution is -2.04. The van der Waals surface area contributed by atoms with Gasteiger partial charge in [-0.25, -0.2) is 4.39 Å². The number of alkyl halides is 2. The number of halogens is 4. The van der Waals surface area contributed by atoms with Gasteiger partial charge in [0.25, 0.3) is 0 Å². The van der Waals surface area contributed by atoms with E-state index < -0.39 is 18.1 Å². The first-order chi connectivity index (χ1) is 8.97. The Morgan fingerprint density at radius 1 is 1.37 bits per heavy atom. The molecule has 9 heteroatoms. The molecule has 0 amide bonds. The molecule has 98 valence electrons. The van der Waals surface area contributed by atoms with E-state index in [-0.39, 0.29) is 15.9 Å². The molecule has 5 nitrogen and oxygen atoms in total. The van der Waals surface area contributed by atoms with E-state index in [1.807, 2.05) is 0 Å². The maximum Gasteiger partial charge on any atom is 0.387 e. The van der Waals surface area contributed by atoms with Crippen molar-refractivity contribution in [1.29, 1.82) is 10.5 Å². The standard InChI is InChI=1S/C10H4BrF3N4O/c11-6-1-8(18-17-5(3-15)4-16)7(12)2-9(6)19-10(13)14/h1-2,10,18H. The van der Waals surface area contributed by atoms with Crippen LogP contribution in [0.1, 0.15) is 0 Å². The predicted molar refractivity (Wildman–Crippen MR) is 63.0 cm³/mol. The second-order valence-electron chi connectivity index (χ2n) is 2.94. The second kappa shape index (κ2) is 6.61. The fourth-order valence-electron chi connectivity index (χ4n) is 0.992. The highest BCUT2D eigenvalue weighted by atomic mass is 79.9. The Labute approximate surface area is 114 Å². The molecule has 0 saturated carbocycles. The van der Waals surface area contributed by atoms with Crippen LogP contribution in [-0.2, 0) is 0 Å². The number of anilines is 1. The zero-order chi connectivity index (χ0) is 14.4. The summed E-state index contributed by atoms with van der Waals surface area (Å²) in [5, 5.41) is 20.2. The van der Waals surface area contributed by atoms with Crippen LogP contribution in [0.5, 0.6) is 5.75 Å². The Balaban J connectivity index is 3.00. The third-order valence-corrected chi connectivity index (χ3v) is 2.36. The molecule has 0 spiro atoms. The van der Waals surface area contributed by atoms with Gasteiger partial charge in [0.1, 0.15) is 17.9 Å². The van der Waals surface area contributed by atoms with E-state index in [0.717, 1.165) is 6.07 Å². The monoisotopic (exact) mass is 332 g/mol. The molecule has 0 aliphatic rings. The molecule has 0 atom stereocenters. The smallest absolute Gasteiger partial charge is 0.387 e. The molecule has 0 aromatic heterocycles. The summed E-state index contributed by atoms with van der Waals surface area (Å²) in [7, 11) is 0. The van der Waals surface area contributed by atoms with Crippen LogP contribution in [-0.4, -0.2) is 12.3 Å². The van der Waals surface area contributed by atoms with E-state index in [9.17, 15) is 13.2 Å². The first-order valence-electron chi connectivity index (χ1n) is 4.55. The van der Waals surface area contributed by atoms with Crippen molar-refractivity contribution in [2.75, 3.05) is 5.43 Å². The van der Waals surface area contributed by atoms with Crippen LogP contribution >= 0.6 is 15.9 Å². The van der Waals surface area contributed by atoms with Crippen molar-refractivity contribution in [3.05, 3.63) is 22.4 Å². The zero-order valence-electron chi connectivity index (χ0n) is 8.99. The number of ether oxygens (including phenoxy) is 1. The SMILES string of the molecule is N#CC(C#N)=NNc1cc(Br)c(OC(F)F)cc1F. The lowest BCUT2D eigenvalue weighted by molar-refractivity contribution is -0.0504. The van der Waals surface area contributed by atoms with Crippen LogP contribution in [0.25, 0.3) is 0 Å². The van der Waals surface area contributed by atoms with E-state index in [2.05, 4.69) is 31.2 Å². The molecule has 0 fully saturated rings. The Kier molecular flexibility index (Phi) is 5.15. The predicted octanol–water partition coefficient (Wildman–Crippen LogP) is 3.00. The lowest BCUT2D eigenvalue weighted by atomic mass is 10.3. The summed E-state index contributed by atoms with van der Waals surface area (Å²) in [6, 6.07) is 4.72. The zero-order valence-corrected chi connectivity index (χ0v) is 10.6. The molecule has 0 aliphatic carbocycles. The van der Waals surface area contributed by atoms with E-state index in [1.165, 1.54) is 12.1 Å². The van der Waals surface area contributed by atoms with Gasteiger partial charge in [0.05, 0.1) is 10.2 Å². The van der Waals surface area contributed by atoms with Crippen molar-refractivity contribution < 1.29 is 17.9 Å². The molecule has 1 rings (SSSR count). The number of hydrogen-bond donors (Lipinski definition) is 1. The van der Waals surface area contributed by atoms with Gasteiger partial charge in [0, 0.05) is 6.07 Å². The molecule has 1 aromatic rings. The third kappa shape index (κ3) is 4.16. The van der Waals surface area contributed by atoms with E-state index in [0.29, 0.717) is 6.07 Å². The molecular weight excluding hydrogens is 329 g/mol. The van der Waals surface area contributed by atoms with Gasteiger partial charge in [-0.3, -0.25) is 5.43 Å². The minimum Gasteiger partial charge on any atom is -0.434 e. The molecule has 0 bridgehead atoms. The molecule has 0 heterocycles. The summed E-state index contributed by atoms with van der Waals surface area (Å²) in [5.74, 6) is -1.32. The number of rotatable bonds is 4. The fraction of sp³-hybridized carbons (Fsp3) is 0.100. The Hall–Kier alpha value is -2.26. The molecular formula is C10H4BrF3N4O. The Morgan fingerprint density at radius 3 is 2.53 bits per heavy atom. The van der Waals surface area contributed by atoms with Gasteiger partial charge in [-0.2, -0.15) is 24.4 Å². The molecule has 0 unspecified atom stereocenters. The van der Waals surface area contributed by atoms with Gasteiger partial charge in [-0.05, 0) is 22.0 Å². The fourth-order valence-corrected chi connectivity index (χ4v) is 1.43. The summed E-state index contributed by atoms with van der Waals surface area (Å²) in [4.78, 5) is 0. The number of nitriles is 2. The minimum absolute atomic E-state index is 0.0577. The van der Waals surface area contributed by atoms with Gasteiger partial charge < -0.3 is 4.74 Å². The normalized spacial score (nSPS) is 9.42. The van der Waals surface area contributed by atoms with Crippen molar-refractivity contribution in [3.8, 4) is 17.9 Å². The van der Waals surface area contributed by atoms with Gasteiger partial charge in [-0.15, -0.1) is 0 Å². The number of nitrogens with one attached hydrogen (secondary N) is 1. The Morgan fingerprint density at radius 2 is 2.00 bits per heavy atom. The number of hydrazone groups is 1. The average molecular weight is 333 g/mol. The molecule has 0 aliphatic heterocycles. The van der Waals surface area contributed by atoms with Crippen molar-refractivity contribution in [1.82, 2.24) is 0 Å². The van der Waals surface area contributed by atoms with Gasteiger partial charge >= 0.3 is 6.61 Å². The summed E-state index contributed by atoms with van der Waals surface area (Å²) in [5.41, 5.74) is 1.41. The van der Waals surface area contributed by atoms with Crippen LogP contribution < -0.4 is 10.2 Å². The van der Waals surface area contributed by atoms with Crippen LogP contribution in [0.4, 0.5) is 18.9 Å². The van der Waals surface area contributed by atoms with Crippen molar-refractivity contribution in [2.45, 2.75) is 6.61 Å². The van der Waals surface area contributed by atoms with Crippen molar-refractivity contribution in [2.24, 2.45) is 5.10 Å². The number of hydrogen-bond acceptors (Lipinski definition) is 5. The maximum atomic E-state index is 13.5. The first kappa shape index (κ1) is 14.8. The molecule has 19 heavy (non-hydrogen) atoms. The summed E-state index contributed by atoms with van der Waals surface area (Å²) in [6.45, 7) is -3.09. The largest absolute Gasteiger partial charge is 0.434 e. The topological polar surface area (TPSA) is 81.2 Å². The lowest BCUT2D eigenvalue weighted by Gasteiger charge is -2.09. The molecule has 1 N–H and O–H groups in total. The highest BCUT2D eigenvalue weighted by Crippen LogP contribution is 2.31. The van der Waals surface area contributed by atoms with Crippen LogP contribution in [0.2, 0.25) is 0 Å². The van der Waals surface area contributed by atoms with Gasteiger partial charge in [-0.1, -0.05) is 0 Å². The molecule has 0 saturated heterocycles. The second-order valence-corrected chi connectivity index (χ2v) is 3.79. The van der Waals surface area contributed by atoms with Gasteiger partial charge in [0.15, 0.2) is 5.82 Å². The highest BCUT2D eigenvalue weighted by Gasteiger charge is 2.13. The first-order valence-corrected chi connectivity index (χ1v) is 5.35. The number of benzene rings is 1. The van der Waals surface area contributed by atoms with E-state index in [4.69, 9.17) is 10.5 Å². The maximum absolute atomic E-state index is 13.5. The van der Waals surface area contributed by atoms with Crippen molar-refractivity contribution >= 4 is 27.3 Å². The van der Waals surface area contributed by atoms with Crippen LogP contribution in [0.15, 0.2) is 21.7 Å². The number of nitrogens with zero attached hydrogens (tertiary/aromatic N) is 3. The van der Waals surface area contributed by atoms with Gasteiger partial charge in [0.2, 0.25) is 5.71 Å². The average Bonchev–Trinajstić information content (AvgIpc) is 2.35. The summed E-state index contributed by atoms with van der Waals surface area (Å²) >= 11 is 2.91.